The largest absolute Gasteiger partial charge is 0.480 e. The number of nitrogens with zero attached hydrogens (tertiary/aromatic N) is 1. The zero-order valence-corrected chi connectivity index (χ0v) is 13.6. The van der Waals surface area contributed by atoms with E-state index >= 15 is 0 Å². The van der Waals surface area contributed by atoms with Crippen molar-refractivity contribution in [3.05, 3.63) is 28.8 Å². The molecule has 0 heterocycles. The van der Waals surface area contributed by atoms with Gasteiger partial charge in [-0.2, -0.15) is 0 Å². The zero-order valence-electron chi connectivity index (χ0n) is 12.1. The SMILES string of the molecule is CCCN(CC(=O)O)CC(=O)Nc1cccc(Cl)c1C.Cl. The van der Waals surface area contributed by atoms with Crippen LogP contribution in [0.5, 0.6) is 0 Å². The molecule has 1 rings (SSSR count). The van der Waals surface area contributed by atoms with Gasteiger partial charge in [0.2, 0.25) is 5.91 Å². The number of carboxylic acid groups (broad SMARTS) is 1. The highest BCUT2D eigenvalue weighted by Crippen LogP contribution is 2.22. The van der Waals surface area contributed by atoms with Crippen LogP contribution in [0.15, 0.2) is 18.2 Å². The maximum atomic E-state index is 12.0. The van der Waals surface area contributed by atoms with E-state index in [0.717, 1.165) is 12.0 Å². The van der Waals surface area contributed by atoms with Crippen LogP contribution >= 0.6 is 24.0 Å². The van der Waals surface area contributed by atoms with Gasteiger partial charge in [-0.3, -0.25) is 14.5 Å². The second-order valence-corrected chi connectivity index (χ2v) is 4.97. The Morgan fingerprint density at radius 3 is 2.57 bits per heavy atom. The Hall–Kier alpha value is -1.30. The van der Waals surface area contributed by atoms with Crippen molar-refractivity contribution < 1.29 is 14.7 Å². The van der Waals surface area contributed by atoms with Crippen LogP contribution in [0.2, 0.25) is 5.02 Å². The summed E-state index contributed by atoms with van der Waals surface area (Å²) in [5.41, 5.74) is 1.44. The topological polar surface area (TPSA) is 69.6 Å². The molecule has 0 aliphatic heterocycles. The van der Waals surface area contributed by atoms with E-state index in [9.17, 15) is 9.59 Å². The van der Waals surface area contributed by atoms with Crippen LogP contribution in [0.1, 0.15) is 18.9 Å². The Bertz CT molecular complexity index is 495. The normalized spacial score (nSPS) is 10.1. The first-order chi connectivity index (χ1) is 9.43. The Kier molecular flexibility index (Phi) is 9.01. The van der Waals surface area contributed by atoms with E-state index in [1.54, 1.807) is 23.1 Å². The van der Waals surface area contributed by atoms with Crippen LogP contribution in [0, 0.1) is 6.92 Å². The fourth-order valence-electron chi connectivity index (χ4n) is 1.86. The first kappa shape index (κ1) is 19.7. The van der Waals surface area contributed by atoms with E-state index in [-0.39, 0.29) is 31.4 Å². The summed E-state index contributed by atoms with van der Waals surface area (Å²) < 4.78 is 0. The van der Waals surface area contributed by atoms with Crippen molar-refractivity contribution in [3.8, 4) is 0 Å². The van der Waals surface area contributed by atoms with Crippen LogP contribution in [-0.2, 0) is 9.59 Å². The molecule has 0 unspecified atom stereocenters. The van der Waals surface area contributed by atoms with E-state index < -0.39 is 5.97 Å². The van der Waals surface area contributed by atoms with Crippen LogP contribution < -0.4 is 5.32 Å². The van der Waals surface area contributed by atoms with Gasteiger partial charge in [0.1, 0.15) is 0 Å². The number of hydrogen-bond acceptors (Lipinski definition) is 3. The van der Waals surface area contributed by atoms with Crippen molar-refractivity contribution in [1.29, 1.82) is 0 Å². The Balaban J connectivity index is 0.00000400. The molecule has 2 N–H and O–H groups in total. The molecular weight excluding hydrogens is 315 g/mol. The van der Waals surface area contributed by atoms with Gasteiger partial charge in [0.05, 0.1) is 13.1 Å². The van der Waals surface area contributed by atoms with Crippen molar-refractivity contribution in [2.45, 2.75) is 20.3 Å². The van der Waals surface area contributed by atoms with Gasteiger partial charge in [-0.05, 0) is 37.6 Å². The van der Waals surface area contributed by atoms with E-state index in [1.165, 1.54) is 0 Å². The average molecular weight is 335 g/mol. The molecule has 21 heavy (non-hydrogen) atoms. The van der Waals surface area contributed by atoms with E-state index in [4.69, 9.17) is 16.7 Å². The second-order valence-electron chi connectivity index (χ2n) is 4.56. The highest BCUT2D eigenvalue weighted by Gasteiger charge is 2.14. The van der Waals surface area contributed by atoms with Gasteiger partial charge in [0.15, 0.2) is 0 Å². The number of benzene rings is 1. The van der Waals surface area contributed by atoms with Crippen molar-refractivity contribution in [2.24, 2.45) is 0 Å². The Labute approximate surface area is 135 Å². The molecule has 7 heteroatoms. The molecule has 0 radical (unpaired) electrons. The van der Waals surface area contributed by atoms with Gasteiger partial charge in [-0.15, -0.1) is 12.4 Å². The summed E-state index contributed by atoms with van der Waals surface area (Å²) in [6, 6.07) is 5.27. The number of nitrogens with one attached hydrogen (secondary N) is 1. The molecule has 0 aliphatic carbocycles. The fourth-order valence-corrected chi connectivity index (χ4v) is 2.03. The van der Waals surface area contributed by atoms with E-state index in [1.807, 2.05) is 13.8 Å². The molecule has 0 spiro atoms. The monoisotopic (exact) mass is 334 g/mol. The predicted octanol–water partition coefficient (Wildman–Crippen LogP) is 2.81. The number of amides is 1. The number of carboxylic acids is 1. The van der Waals surface area contributed by atoms with Gasteiger partial charge in [0, 0.05) is 10.7 Å². The third-order valence-electron chi connectivity index (χ3n) is 2.81. The van der Waals surface area contributed by atoms with Crippen LogP contribution in [0.3, 0.4) is 0 Å². The molecule has 0 aliphatic rings. The number of rotatable bonds is 7. The quantitative estimate of drug-likeness (QED) is 0.804. The summed E-state index contributed by atoms with van der Waals surface area (Å²) in [5.74, 6) is -1.18. The Morgan fingerprint density at radius 1 is 1.33 bits per heavy atom. The van der Waals surface area contributed by atoms with Crippen LogP contribution in [0.4, 0.5) is 5.69 Å². The van der Waals surface area contributed by atoms with Crippen molar-refractivity contribution in [2.75, 3.05) is 25.0 Å². The third-order valence-corrected chi connectivity index (χ3v) is 3.22. The molecule has 5 nitrogen and oxygen atoms in total. The summed E-state index contributed by atoms with van der Waals surface area (Å²) in [6.45, 7) is 4.23. The molecular formula is C14H20Cl2N2O3. The number of aliphatic carboxylic acids is 1. The van der Waals surface area contributed by atoms with Crippen LogP contribution in [0.25, 0.3) is 0 Å². The standard InChI is InChI=1S/C14H19ClN2O3.ClH/c1-3-7-17(9-14(19)20)8-13(18)16-12-6-4-5-11(15)10(12)2;/h4-6H,3,7-9H2,1-2H3,(H,16,18)(H,19,20);1H. The number of anilines is 1. The van der Waals surface area contributed by atoms with Gasteiger partial charge >= 0.3 is 5.97 Å². The summed E-state index contributed by atoms with van der Waals surface area (Å²) in [7, 11) is 0. The lowest BCUT2D eigenvalue weighted by Gasteiger charge is -2.19. The minimum absolute atomic E-state index is 0. The second kappa shape index (κ2) is 9.60. The highest BCUT2D eigenvalue weighted by molar-refractivity contribution is 6.31. The molecule has 1 amide bonds. The lowest BCUT2D eigenvalue weighted by Crippen LogP contribution is -2.37. The van der Waals surface area contributed by atoms with Gasteiger partial charge < -0.3 is 10.4 Å². The number of halogens is 2. The summed E-state index contributed by atoms with van der Waals surface area (Å²) in [5, 5.41) is 12.1. The smallest absolute Gasteiger partial charge is 0.317 e. The molecule has 1 aromatic rings. The third kappa shape index (κ3) is 6.80. The predicted molar refractivity (Wildman–Crippen MR) is 86.4 cm³/mol. The van der Waals surface area contributed by atoms with Gasteiger partial charge in [-0.25, -0.2) is 0 Å². The van der Waals surface area contributed by atoms with E-state index in [0.29, 0.717) is 17.3 Å². The molecule has 1 aromatic carbocycles. The van der Waals surface area contributed by atoms with Gasteiger partial charge in [-0.1, -0.05) is 24.6 Å². The summed E-state index contributed by atoms with van der Waals surface area (Å²) >= 11 is 5.98. The summed E-state index contributed by atoms with van der Waals surface area (Å²) in [6.07, 6.45) is 0.788. The molecule has 0 fully saturated rings. The van der Waals surface area contributed by atoms with Crippen molar-refractivity contribution in [1.82, 2.24) is 4.90 Å². The van der Waals surface area contributed by atoms with Crippen molar-refractivity contribution in [3.63, 3.8) is 0 Å². The maximum absolute atomic E-state index is 12.0. The minimum atomic E-state index is -0.940. The summed E-state index contributed by atoms with van der Waals surface area (Å²) in [4.78, 5) is 24.3. The zero-order chi connectivity index (χ0) is 15.1. The lowest BCUT2D eigenvalue weighted by molar-refractivity contribution is -0.138. The minimum Gasteiger partial charge on any atom is -0.480 e. The van der Waals surface area contributed by atoms with Crippen molar-refractivity contribution >= 4 is 41.6 Å². The number of carbonyl (C=O) groups is 2. The molecule has 0 bridgehead atoms. The highest BCUT2D eigenvalue weighted by atomic mass is 35.5. The van der Waals surface area contributed by atoms with E-state index in [2.05, 4.69) is 5.32 Å². The number of carbonyl (C=O) groups excluding carboxylic acids is 1. The molecule has 0 aromatic heterocycles. The Morgan fingerprint density at radius 2 is 2.00 bits per heavy atom. The average Bonchev–Trinajstić information content (AvgIpc) is 2.34. The first-order valence-electron chi connectivity index (χ1n) is 6.43. The molecule has 0 atom stereocenters. The molecule has 0 saturated carbocycles. The molecule has 118 valence electrons. The fraction of sp³-hybridized carbons (Fsp3) is 0.429. The first-order valence-corrected chi connectivity index (χ1v) is 6.81. The van der Waals surface area contributed by atoms with Crippen LogP contribution in [-0.4, -0.2) is 41.5 Å². The number of hydrogen-bond donors (Lipinski definition) is 2. The lowest BCUT2D eigenvalue weighted by atomic mass is 10.2. The maximum Gasteiger partial charge on any atom is 0.317 e. The van der Waals surface area contributed by atoms with Gasteiger partial charge in [0.25, 0.3) is 0 Å². The molecule has 0 saturated heterocycles.